The molecule has 0 spiro atoms. The fourth-order valence-corrected chi connectivity index (χ4v) is 3.89. The van der Waals surface area contributed by atoms with Gasteiger partial charge in [0.2, 0.25) is 0 Å². The van der Waals surface area contributed by atoms with E-state index in [0.29, 0.717) is 24.6 Å². The van der Waals surface area contributed by atoms with Gasteiger partial charge in [-0.3, -0.25) is 4.79 Å². The minimum Gasteiger partial charge on any atom is -0.444 e. The molecule has 0 unspecified atom stereocenters. The van der Waals surface area contributed by atoms with Crippen LogP contribution in [0.1, 0.15) is 64.7 Å². The molecule has 1 N–H and O–H groups in total. The lowest BCUT2D eigenvalue weighted by molar-refractivity contribution is 0.0150. The van der Waals surface area contributed by atoms with E-state index < -0.39 is 5.60 Å². The predicted octanol–water partition coefficient (Wildman–Crippen LogP) is 3.85. The second-order valence-corrected chi connectivity index (χ2v) is 9.95. The zero-order valence-electron chi connectivity index (χ0n) is 19.5. The number of piperidine rings is 1. The molecule has 1 aliphatic heterocycles. The van der Waals surface area contributed by atoms with Gasteiger partial charge in [0.05, 0.1) is 11.8 Å². The van der Waals surface area contributed by atoms with E-state index in [1.165, 1.54) is 0 Å². The van der Waals surface area contributed by atoms with Crippen molar-refractivity contribution in [1.29, 1.82) is 0 Å². The number of carbonyl (C=O) groups is 2. The largest absolute Gasteiger partial charge is 0.444 e. The molecule has 2 aromatic heterocycles. The summed E-state index contributed by atoms with van der Waals surface area (Å²) in [4.78, 5) is 31.5. The molecule has 0 aromatic carbocycles. The van der Waals surface area contributed by atoms with Gasteiger partial charge in [-0.2, -0.15) is 5.10 Å². The molecule has 170 valence electrons. The lowest BCUT2D eigenvalue weighted by Crippen LogP contribution is -2.49. The van der Waals surface area contributed by atoms with E-state index in [1.54, 1.807) is 17.3 Å². The highest BCUT2D eigenvalue weighted by atomic mass is 16.6. The molecule has 2 aromatic rings. The van der Waals surface area contributed by atoms with Crippen LogP contribution in [0.15, 0.2) is 18.5 Å². The van der Waals surface area contributed by atoms with Gasteiger partial charge in [-0.1, -0.05) is 13.8 Å². The Hall–Kier alpha value is -2.64. The fourth-order valence-electron chi connectivity index (χ4n) is 3.89. The Bertz CT molecular complexity index is 931. The minimum absolute atomic E-state index is 0.0721. The lowest BCUT2D eigenvalue weighted by atomic mass is 9.91. The summed E-state index contributed by atoms with van der Waals surface area (Å²) in [6, 6.07) is 1.76. The molecule has 0 bridgehead atoms. The van der Waals surface area contributed by atoms with Gasteiger partial charge in [-0.25, -0.2) is 14.5 Å². The van der Waals surface area contributed by atoms with Crippen molar-refractivity contribution in [2.45, 2.75) is 72.6 Å². The number of nitrogens with zero attached hydrogens (tertiary/aromatic N) is 4. The van der Waals surface area contributed by atoms with Crippen LogP contribution >= 0.6 is 0 Å². The first-order chi connectivity index (χ1) is 14.5. The lowest BCUT2D eigenvalue weighted by Gasteiger charge is -2.36. The Labute approximate surface area is 184 Å². The Kier molecular flexibility index (Phi) is 6.86. The van der Waals surface area contributed by atoms with Crippen LogP contribution in [0, 0.1) is 11.8 Å². The zero-order valence-corrected chi connectivity index (χ0v) is 19.5. The summed E-state index contributed by atoms with van der Waals surface area (Å²) in [5.41, 5.74) is 0.792. The molecule has 1 aliphatic rings. The highest BCUT2D eigenvalue weighted by molar-refractivity contribution is 5.97. The number of carbonyl (C=O) groups excluding carboxylic acids is 2. The third kappa shape index (κ3) is 5.95. The molecule has 0 aliphatic carbocycles. The second-order valence-electron chi connectivity index (χ2n) is 9.95. The number of rotatable bonds is 5. The Balaban J connectivity index is 1.62. The van der Waals surface area contributed by atoms with Gasteiger partial charge in [0.15, 0.2) is 5.65 Å². The molecule has 31 heavy (non-hydrogen) atoms. The molecule has 2 atom stereocenters. The quantitative estimate of drug-likeness (QED) is 0.780. The first kappa shape index (κ1) is 23.0. The van der Waals surface area contributed by atoms with Crippen LogP contribution < -0.4 is 5.32 Å². The fraction of sp³-hybridized carbons (Fsp3) is 0.652. The zero-order chi connectivity index (χ0) is 22.8. The van der Waals surface area contributed by atoms with Crippen LogP contribution in [0.2, 0.25) is 0 Å². The van der Waals surface area contributed by atoms with Crippen LogP contribution in [0.3, 0.4) is 0 Å². The molecular formula is C23H35N5O3. The van der Waals surface area contributed by atoms with Gasteiger partial charge in [-0.05, 0) is 58.4 Å². The average molecular weight is 430 g/mol. The summed E-state index contributed by atoms with van der Waals surface area (Å²) in [5.74, 6) is 0.480. The molecule has 1 saturated heterocycles. The first-order valence-electron chi connectivity index (χ1n) is 11.1. The van der Waals surface area contributed by atoms with Gasteiger partial charge >= 0.3 is 6.09 Å². The second kappa shape index (κ2) is 9.24. The molecule has 0 radical (unpaired) electrons. The average Bonchev–Trinajstić information content (AvgIpc) is 3.08. The van der Waals surface area contributed by atoms with Crippen molar-refractivity contribution in [3.63, 3.8) is 0 Å². The third-order valence-electron chi connectivity index (χ3n) is 5.45. The van der Waals surface area contributed by atoms with Crippen molar-refractivity contribution in [2.24, 2.45) is 11.8 Å². The van der Waals surface area contributed by atoms with E-state index in [0.717, 1.165) is 30.4 Å². The van der Waals surface area contributed by atoms with E-state index in [4.69, 9.17) is 4.74 Å². The molecule has 3 rings (SSSR count). The number of hydrogen-bond acceptors (Lipinski definition) is 5. The van der Waals surface area contributed by atoms with Crippen LogP contribution in [-0.2, 0) is 11.3 Å². The van der Waals surface area contributed by atoms with Crippen molar-refractivity contribution in [3.05, 3.63) is 24.0 Å². The maximum atomic E-state index is 12.8. The van der Waals surface area contributed by atoms with Gasteiger partial charge < -0.3 is 15.0 Å². The Morgan fingerprint density at radius 1 is 1.26 bits per heavy atom. The van der Waals surface area contributed by atoms with Gasteiger partial charge in [-0.15, -0.1) is 0 Å². The SMILES string of the molecule is CC(C)Cn1ncc2cc(C(=O)N[C@@H](C)[C@@H]3CCCN(C(=O)OC(C)(C)C)C3)cnc21. The summed E-state index contributed by atoms with van der Waals surface area (Å²) in [7, 11) is 0. The highest BCUT2D eigenvalue weighted by Crippen LogP contribution is 2.22. The summed E-state index contributed by atoms with van der Waals surface area (Å²) in [6.07, 6.45) is 4.93. The molecule has 0 saturated carbocycles. The van der Waals surface area contributed by atoms with Crippen LogP contribution in [-0.4, -0.2) is 56.4 Å². The molecule has 1 fully saturated rings. The smallest absolute Gasteiger partial charge is 0.410 e. The number of nitrogens with one attached hydrogen (secondary N) is 1. The summed E-state index contributed by atoms with van der Waals surface area (Å²) < 4.78 is 7.38. The van der Waals surface area contributed by atoms with E-state index in [-0.39, 0.29) is 24.0 Å². The van der Waals surface area contributed by atoms with E-state index in [1.807, 2.05) is 38.4 Å². The maximum Gasteiger partial charge on any atom is 0.410 e. The number of hydrogen-bond donors (Lipinski definition) is 1. The van der Waals surface area contributed by atoms with Crippen LogP contribution in [0.25, 0.3) is 11.0 Å². The van der Waals surface area contributed by atoms with Crippen molar-refractivity contribution >= 4 is 23.0 Å². The summed E-state index contributed by atoms with van der Waals surface area (Å²) >= 11 is 0. The monoisotopic (exact) mass is 429 g/mol. The van der Waals surface area contributed by atoms with Crippen molar-refractivity contribution in [3.8, 4) is 0 Å². The van der Waals surface area contributed by atoms with Crippen molar-refractivity contribution < 1.29 is 14.3 Å². The van der Waals surface area contributed by atoms with E-state index >= 15 is 0 Å². The number of amides is 2. The topological polar surface area (TPSA) is 89.4 Å². The van der Waals surface area contributed by atoms with Gasteiger partial charge in [0.1, 0.15) is 5.60 Å². The highest BCUT2D eigenvalue weighted by Gasteiger charge is 2.31. The number of ether oxygens (including phenoxy) is 1. The molecular weight excluding hydrogens is 394 g/mol. The number of pyridine rings is 1. The maximum absolute atomic E-state index is 12.8. The number of fused-ring (bicyclic) bond motifs is 1. The van der Waals surface area contributed by atoms with Crippen molar-refractivity contribution in [2.75, 3.05) is 13.1 Å². The minimum atomic E-state index is -0.515. The predicted molar refractivity (Wildman–Crippen MR) is 120 cm³/mol. The summed E-state index contributed by atoms with van der Waals surface area (Å²) in [5, 5.41) is 8.34. The summed E-state index contributed by atoms with van der Waals surface area (Å²) in [6.45, 7) is 13.9. The number of aromatic nitrogens is 3. The van der Waals surface area contributed by atoms with Gasteiger partial charge in [0.25, 0.3) is 5.91 Å². The standard InChI is InChI=1S/C23H35N5O3/c1-15(2)13-28-20-18(12-25-28)10-19(11-24-20)21(29)26-16(3)17-8-7-9-27(14-17)22(30)31-23(4,5)6/h10-12,15-17H,7-9,13-14H2,1-6H3,(H,26,29)/t16-,17+/m0/s1. The van der Waals surface area contributed by atoms with E-state index in [2.05, 4.69) is 29.2 Å². The Morgan fingerprint density at radius 2 is 2.00 bits per heavy atom. The molecule has 8 heteroatoms. The Morgan fingerprint density at radius 3 is 2.68 bits per heavy atom. The number of likely N-dealkylation sites (tertiary alicyclic amines) is 1. The van der Waals surface area contributed by atoms with Crippen LogP contribution in [0.4, 0.5) is 4.79 Å². The molecule has 8 nitrogen and oxygen atoms in total. The van der Waals surface area contributed by atoms with Gasteiger partial charge in [0, 0.05) is 37.3 Å². The molecule has 3 heterocycles. The molecule has 2 amide bonds. The first-order valence-corrected chi connectivity index (χ1v) is 11.1. The van der Waals surface area contributed by atoms with Crippen molar-refractivity contribution in [1.82, 2.24) is 25.0 Å². The van der Waals surface area contributed by atoms with E-state index in [9.17, 15) is 9.59 Å². The third-order valence-corrected chi connectivity index (χ3v) is 5.45. The normalized spacial score (nSPS) is 18.3. The van der Waals surface area contributed by atoms with Crippen LogP contribution in [0.5, 0.6) is 0 Å².